The molecule has 3 fully saturated rings. The molecule has 0 aromatic heterocycles. The lowest BCUT2D eigenvalue weighted by Crippen LogP contribution is -2.44. The van der Waals surface area contributed by atoms with E-state index in [-0.39, 0.29) is 42.6 Å². The topological polar surface area (TPSA) is 96.0 Å². The zero-order chi connectivity index (χ0) is 26.5. The van der Waals surface area contributed by atoms with Crippen LogP contribution in [0.2, 0.25) is 0 Å². The lowest BCUT2D eigenvalue weighted by Gasteiger charge is -2.30. The van der Waals surface area contributed by atoms with Crippen molar-refractivity contribution in [1.82, 2.24) is 15.1 Å². The highest BCUT2D eigenvalue weighted by molar-refractivity contribution is 6.04. The summed E-state index contributed by atoms with van der Waals surface area (Å²) in [6.07, 6.45) is 1.00. The van der Waals surface area contributed by atoms with Crippen LogP contribution < -0.4 is 5.32 Å². The number of ether oxygens (including phenoxy) is 1. The predicted octanol–water partition coefficient (Wildman–Crippen LogP) is 3.25. The first-order valence-electron chi connectivity index (χ1n) is 12.2. The number of carbonyl (C=O) groups excluding carboxylic acids is 4. The second kappa shape index (κ2) is 9.35. The lowest BCUT2D eigenvalue weighted by atomic mass is 9.85. The average molecular weight is 518 g/mol. The van der Waals surface area contributed by atoms with Crippen molar-refractivity contribution in [3.63, 3.8) is 0 Å². The smallest absolute Gasteiger partial charge is 0.411 e. The zero-order valence-electron chi connectivity index (χ0n) is 20.1. The van der Waals surface area contributed by atoms with Gasteiger partial charge in [-0.3, -0.25) is 19.3 Å². The number of nitrogens with zero attached hydrogens (tertiary/aromatic N) is 2. The van der Waals surface area contributed by atoms with Gasteiger partial charge in [0, 0.05) is 12.0 Å². The van der Waals surface area contributed by atoms with Crippen molar-refractivity contribution in [1.29, 1.82) is 0 Å². The van der Waals surface area contributed by atoms with Crippen LogP contribution in [0.3, 0.4) is 0 Å². The van der Waals surface area contributed by atoms with Gasteiger partial charge in [-0.05, 0) is 62.0 Å². The number of nitrogens with one attached hydrogen (secondary N) is 1. The fourth-order valence-electron chi connectivity index (χ4n) is 5.97. The van der Waals surface area contributed by atoms with Gasteiger partial charge < -0.3 is 15.0 Å². The van der Waals surface area contributed by atoms with Gasteiger partial charge in [0.1, 0.15) is 12.4 Å². The fraction of sp³-hybridized carbons (Fsp3) is 0.462. The summed E-state index contributed by atoms with van der Waals surface area (Å²) in [4.78, 5) is 53.4. The Balaban J connectivity index is 1.31. The van der Waals surface area contributed by atoms with E-state index in [1.165, 1.54) is 29.2 Å². The Bertz CT molecular complexity index is 1210. The van der Waals surface area contributed by atoms with E-state index in [1.54, 1.807) is 17.0 Å². The van der Waals surface area contributed by atoms with E-state index >= 15 is 0 Å². The summed E-state index contributed by atoms with van der Waals surface area (Å²) < 4.78 is 44.3. The number of hydrogen-bond donors (Lipinski definition) is 1. The molecular weight excluding hydrogens is 491 g/mol. The van der Waals surface area contributed by atoms with Gasteiger partial charge in [-0.2, -0.15) is 8.78 Å². The maximum atomic E-state index is 13.4. The molecule has 1 N–H and O–H groups in total. The van der Waals surface area contributed by atoms with E-state index < -0.39 is 35.7 Å². The molecule has 1 aromatic rings. The molecule has 0 radical (unpaired) electrons. The molecule has 3 amide bonds. The van der Waals surface area contributed by atoms with E-state index in [9.17, 15) is 32.3 Å². The van der Waals surface area contributed by atoms with Crippen molar-refractivity contribution in [2.45, 2.75) is 56.7 Å². The second-order valence-corrected chi connectivity index (χ2v) is 9.96. The number of carbonyl (C=O) groups is 4. The fourth-order valence-corrected chi connectivity index (χ4v) is 5.97. The minimum Gasteiger partial charge on any atom is -0.436 e. The number of fused-ring (bicyclic) bond motifs is 2. The van der Waals surface area contributed by atoms with Crippen molar-refractivity contribution >= 4 is 23.7 Å². The summed E-state index contributed by atoms with van der Waals surface area (Å²) >= 11 is 0. The van der Waals surface area contributed by atoms with Crippen LogP contribution in [0.5, 0.6) is 0 Å². The normalized spacial score (nSPS) is 28.9. The minimum absolute atomic E-state index is 0.0586. The van der Waals surface area contributed by atoms with Crippen LogP contribution in [0.4, 0.5) is 18.0 Å². The molecule has 4 atom stereocenters. The molecule has 2 aliphatic carbocycles. The van der Waals surface area contributed by atoms with E-state index in [4.69, 9.17) is 4.74 Å². The summed E-state index contributed by atoms with van der Waals surface area (Å²) in [7, 11) is 0. The van der Waals surface area contributed by atoms with Gasteiger partial charge >= 0.3 is 12.5 Å². The molecule has 2 heterocycles. The van der Waals surface area contributed by atoms with Crippen molar-refractivity contribution in [3.8, 4) is 0 Å². The molecule has 196 valence electrons. The first-order chi connectivity index (χ1) is 17.6. The Labute approximate surface area is 211 Å². The quantitative estimate of drug-likeness (QED) is 0.647. The molecule has 1 spiro atoms. The van der Waals surface area contributed by atoms with Crippen LogP contribution in [0.15, 0.2) is 47.7 Å². The van der Waals surface area contributed by atoms with Gasteiger partial charge in [-0.1, -0.05) is 18.2 Å². The minimum atomic E-state index is -3.25. The average Bonchev–Trinajstić information content (AvgIpc) is 3.51. The van der Waals surface area contributed by atoms with E-state index in [1.807, 2.05) is 12.2 Å². The zero-order valence-corrected chi connectivity index (χ0v) is 20.1. The molecule has 37 heavy (non-hydrogen) atoms. The number of ketones is 1. The van der Waals surface area contributed by atoms with Crippen LogP contribution in [0.1, 0.15) is 44.2 Å². The highest BCUT2D eigenvalue weighted by Crippen LogP contribution is 2.48. The number of rotatable bonds is 5. The van der Waals surface area contributed by atoms with Gasteiger partial charge in [0.15, 0.2) is 11.4 Å². The molecule has 8 nitrogen and oxygen atoms in total. The highest BCUT2D eigenvalue weighted by Gasteiger charge is 2.56. The monoisotopic (exact) mass is 517 g/mol. The van der Waals surface area contributed by atoms with Gasteiger partial charge in [-0.15, -0.1) is 0 Å². The largest absolute Gasteiger partial charge is 0.436 e. The standard InChI is InChI=1S/C26H26F3N3O5/c1-14-2-9-20(15-3-5-16(27)6-4-15)32(14)21(33)12-31-13-26(37-25(31)36)11-10-17-18(26)7-8-19(22(17)34)30-24(35)23(28)29/h3-8,14,17,20,23H,2,9-13H2,1H3,(H,30,35)/t14-,17?,20-,26-/m0/s1. The molecule has 2 saturated heterocycles. The Kier molecular flexibility index (Phi) is 6.33. The maximum Gasteiger partial charge on any atom is 0.411 e. The Hall–Kier alpha value is -3.63. The first kappa shape index (κ1) is 25.0. The number of amides is 3. The number of hydrogen-bond acceptors (Lipinski definition) is 5. The second-order valence-electron chi connectivity index (χ2n) is 9.96. The maximum absolute atomic E-state index is 13.4. The number of likely N-dealkylation sites (tertiary alicyclic amines) is 1. The predicted molar refractivity (Wildman–Crippen MR) is 124 cm³/mol. The molecule has 11 heteroatoms. The molecule has 5 rings (SSSR count). The van der Waals surface area contributed by atoms with E-state index in [0.717, 1.165) is 18.4 Å². The number of halogens is 3. The molecule has 1 aromatic carbocycles. The molecule has 1 unspecified atom stereocenters. The Morgan fingerprint density at radius 2 is 1.86 bits per heavy atom. The summed E-state index contributed by atoms with van der Waals surface area (Å²) in [5, 5.41) is 1.95. The Morgan fingerprint density at radius 1 is 1.14 bits per heavy atom. The van der Waals surface area contributed by atoms with Gasteiger partial charge in [-0.25, -0.2) is 9.18 Å². The van der Waals surface area contributed by atoms with E-state index in [2.05, 4.69) is 0 Å². The molecule has 0 bridgehead atoms. The summed E-state index contributed by atoms with van der Waals surface area (Å²) in [6, 6.07) is 5.75. The van der Waals surface area contributed by atoms with Crippen LogP contribution in [0.25, 0.3) is 0 Å². The van der Waals surface area contributed by atoms with Crippen molar-refractivity contribution in [2.75, 3.05) is 13.1 Å². The molecular formula is C26H26F3N3O5. The SMILES string of the molecule is C[C@H]1CC[C@@H](c2ccc(F)cc2)N1C(=O)CN1C[C@]2(CCC3C(=O)C(NC(=O)C(F)F)=CC=C32)OC1=O. The Morgan fingerprint density at radius 3 is 2.57 bits per heavy atom. The molecule has 4 aliphatic rings. The lowest BCUT2D eigenvalue weighted by molar-refractivity contribution is -0.134. The van der Waals surface area contributed by atoms with E-state index in [0.29, 0.717) is 18.4 Å². The van der Waals surface area contributed by atoms with Crippen LogP contribution in [-0.2, 0) is 19.1 Å². The third-order valence-corrected chi connectivity index (χ3v) is 7.73. The van der Waals surface area contributed by atoms with Crippen LogP contribution in [-0.4, -0.2) is 64.6 Å². The van der Waals surface area contributed by atoms with Gasteiger partial charge in [0.2, 0.25) is 5.91 Å². The van der Waals surface area contributed by atoms with Gasteiger partial charge in [0.25, 0.3) is 5.91 Å². The number of alkyl halides is 2. The summed E-state index contributed by atoms with van der Waals surface area (Å²) in [5.41, 5.74) is 0.0434. The van der Waals surface area contributed by atoms with Gasteiger partial charge in [0.05, 0.1) is 18.3 Å². The molecule has 1 saturated carbocycles. The first-order valence-corrected chi connectivity index (χ1v) is 12.2. The van der Waals surface area contributed by atoms with Crippen LogP contribution >= 0.6 is 0 Å². The van der Waals surface area contributed by atoms with Crippen molar-refractivity contribution in [3.05, 3.63) is 59.1 Å². The van der Waals surface area contributed by atoms with Crippen molar-refractivity contribution in [2.24, 2.45) is 5.92 Å². The summed E-state index contributed by atoms with van der Waals surface area (Å²) in [6.45, 7) is 1.80. The summed E-state index contributed by atoms with van der Waals surface area (Å²) in [5.74, 6) is -3.39. The molecule has 2 aliphatic heterocycles. The number of benzene rings is 1. The third kappa shape index (κ3) is 4.40. The third-order valence-electron chi connectivity index (χ3n) is 7.73. The van der Waals surface area contributed by atoms with Crippen molar-refractivity contribution < 1.29 is 37.1 Å². The highest BCUT2D eigenvalue weighted by atomic mass is 19.3. The van der Waals surface area contributed by atoms with Crippen LogP contribution in [0, 0.1) is 11.7 Å². The number of allylic oxidation sites excluding steroid dienone is 3. The number of Topliss-reactive ketones (excluding diaryl/α,β-unsaturated/α-hetero) is 1.